The second kappa shape index (κ2) is 10.6. The molecule has 5 aromatic rings. The van der Waals surface area contributed by atoms with Gasteiger partial charge in [-0.15, -0.1) is 10.2 Å². The van der Waals surface area contributed by atoms with E-state index in [4.69, 9.17) is 5.10 Å². The molecule has 0 atom stereocenters. The van der Waals surface area contributed by atoms with Gasteiger partial charge >= 0.3 is 0 Å². The predicted molar refractivity (Wildman–Crippen MR) is 150 cm³/mol. The van der Waals surface area contributed by atoms with Gasteiger partial charge in [-0.25, -0.2) is 13.1 Å². The SMILES string of the molecule is CN(C)CCCNS(=O)(=O)c1cc(-n2nc3ccc4ccccc4c3n2)ccc1/C=C\c1ccccc1. The van der Waals surface area contributed by atoms with E-state index in [-0.39, 0.29) is 4.90 Å². The van der Waals surface area contributed by atoms with Crippen LogP contribution in [0.4, 0.5) is 0 Å². The van der Waals surface area contributed by atoms with E-state index in [0.29, 0.717) is 24.2 Å². The number of benzene rings is 4. The van der Waals surface area contributed by atoms with Crippen LogP contribution in [0.5, 0.6) is 0 Å². The van der Waals surface area contributed by atoms with Crippen LogP contribution in [0.15, 0.2) is 89.8 Å². The van der Waals surface area contributed by atoms with Crippen molar-refractivity contribution in [1.82, 2.24) is 24.6 Å². The topological polar surface area (TPSA) is 80.1 Å². The monoisotopic (exact) mass is 511 g/mol. The van der Waals surface area contributed by atoms with Gasteiger partial charge in [-0.2, -0.15) is 4.80 Å². The van der Waals surface area contributed by atoms with Crippen molar-refractivity contribution in [3.63, 3.8) is 0 Å². The van der Waals surface area contributed by atoms with Crippen molar-refractivity contribution < 1.29 is 8.42 Å². The molecule has 37 heavy (non-hydrogen) atoms. The van der Waals surface area contributed by atoms with E-state index < -0.39 is 10.0 Å². The number of sulfonamides is 1. The van der Waals surface area contributed by atoms with Gasteiger partial charge in [0.25, 0.3) is 0 Å². The normalized spacial score (nSPS) is 12.3. The number of hydrogen-bond acceptors (Lipinski definition) is 5. The van der Waals surface area contributed by atoms with Crippen molar-refractivity contribution >= 4 is 44.0 Å². The van der Waals surface area contributed by atoms with Gasteiger partial charge in [0.15, 0.2) is 0 Å². The Bertz CT molecular complexity index is 1680. The van der Waals surface area contributed by atoms with E-state index in [1.165, 1.54) is 4.80 Å². The Balaban J connectivity index is 1.55. The maximum Gasteiger partial charge on any atom is 0.241 e. The minimum atomic E-state index is -3.78. The van der Waals surface area contributed by atoms with E-state index in [2.05, 4.69) is 9.82 Å². The second-order valence-electron chi connectivity index (χ2n) is 9.16. The average Bonchev–Trinajstić information content (AvgIpc) is 3.35. The highest BCUT2D eigenvalue weighted by molar-refractivity contribution is 7.89. The molecular formula is C29H29N5O2S. The Morgan fingerprint density at radius 3 is 2.49 bits per heavy atom. The molecule has 0 saturated heterocycles. The van der Waals surface area contributed by atoms with E-state index in [1.54, 1.807) is 12.1 Å². The first-order valence-corrected chi connectivity index (χ1v) is 13.7. The van der Waals surface area contributed by atoms with Crippen molar-refractivity contribution in [3.05, 3.63) is 96.1 Å². The summed E-state index contributed by atoms with van der Waals surface area (Å²) >= 11 is 0. The lowest BCUT2D eigenvalue weighted by molar-refractivity contribution is 0.400. The van der Waals surface area contributed by atoms with Crippen LogP contribution in [0.1, 0.15) is 17.5 Å². The Morgan fingerprint density at radius 2 is 1.68 bits per heavy atom. The first kappa shape index (κ1) is 24.8. The Kier molecular flexibility index (Phi) is 7.14. The molecule has 1 N–H and O–H groups in total. The van der Waals surface area contributed by atoms with Gasteiger partial charge in [-0.05, 0) is 61.8 Å². The highest BCUT2D eigenvalue weighted by Crippen LogP contribution is 2.26. The minimum Gasteiger partial charge on any atom is -0.309 e. The van der Waals surface area contributed by atoms with Crippen molar-refractivity contribution in [2.75, 3.05) is 27.2 Å². The van der Waals surface area contributed by atoms with Crippen molar-refractivity contribution in [2.45, 2.75) is 11.3 Å². The molecule has 4 aromatic carbocycles. The third-order valence-electron chi connectivity index (χ3n) is 6.12. The standard InChI is InChI=1S/C29H29N5O2S/c1-33(2)20-8-19-30-37(35,36)28-21-25(17-15-24(28)14-13-22-9-4-3-5-10-22)34-31-27-18-16-23-11-6-7-12-26(23)29(27)32-34/h3-7,9-18,21,30H,8,19-20H2,1-2H3/b14-13-. The summed E-state index contributed by atoms with van der Waals surface area (Å²) in [5.74, 6) is 0. The van der Waals surface area contributed by atoms with Crippen LogP contribution in [0.3, 0.4) is 0 Å². The van der Waals surface area contributed by atoms with Crippen LogP contribution < -0.4 is 4.72 Å². The largest absolute Gasteiger partial charge is 0.309 e. The molecule has 0 radical (unpaired) electrons. The number of nitrogens with one attached hydrogen (secondary N) is 1. The van der Waals surface area contributed by atoms with E-state index in [9.17, 15) is 8.42 Å². The van der Waals surface area contributed by atoms with Crippen LogP contribution in [0.25, 0.3) is 39.6 Å². The Morgan fingerprint density at radius 1 is 0.892 bits per heavy atom. The molecule has 0 bridgehead atoms. The molecule has 1 heterocycles. The molecule has 0 aliphatic carbocycles. The lowest BCUT2D eigenvalue weighted by Crippen LogP contribution is -2.28. The zero-order chi connectivity index (χ0) is 25.8. The quantitative estimate of drug-likeness (QED) is 0.223. The van der Waals surface area contributed by atoms with Gasteiger partial charge in [0, 0.05) is 11.9 Å². The number of nitrogens with zero attached hydrogens (tertiary/aromatic N) is 4. The molecule has 8 heteroatoms. The van der Waals surface area contributed by atoms with Crippen LogP contribution in [0, 0.1) is 0 Å². The van der Waals surface area contributed by atoms with E-state index in [1.807, 2.05) is 104 Å². The van der Waals surface area contributed by atoms with Gasteiger partial charge in [-0.1, -0.05) is 78.9 Å². The molecule has 1 aromatic heterocycles. The van der Waals surface area contributed by atoms with E-state index in [0.717, 1.165) is 33.9 Å². The van der Waals surface area contributed by atoms with Crippen LogP contribution >= 0.6 is 0 Å². The van der Waals surface area contributed by atoms with Crippen LogP contribution in [0.2, 0.25) is 0 Å². The van der Waals surface area contributed by atoms with Gasteiger partial charge in [0.05, 0.1) is 10.6 Å². The summed E-state index contributed by atoms with van der Waals surface area (Å²) in [5, 5.41) is 11.4. The summed E-state index contributed by atoms with van der Waals surface area (Å²) in [7, 11) is 0.157. The number of hydrogen-bond donors (Lipinski definition) is 1. The van der Waals surface area contributed by atoms with E-state index >= 15 is 0 Å². The summed E-state index contributed by atoms with van der Waals surface area (Å²) in [4.78, 5) is 3.72. The fraction of sp³-hybridized carbons (Fsp3) is 0.172. The van der Waals surface area contributed by atoms with Gasteiger partial charge in [0.1, 0.15) is 11.0 Å². The molecule has 0 amide bonds. The first-order chi connectivity index (χ1) is 17.9. The van der Waals surface area contributed by atoms with Gasteiger partial charge in [0.2, 0.25) is 10.0 Å². The molecule has 0 spiro atoms. The minimum absolute atomic E-state index is 0.188. The van der Waals surface area contributed by atoms with Gasteiger partial charge < -0.3 is 4.90 Å². The molecule has 5 rings (SSSR count). The number of rotatable bonds is 9. The molecule has 0 saturated carbocycles. The Labute approximate surface area is 217 Å². The lowest BCUT2D eigenvalue weighted by Gasteiger charge is -2.13. The van der Waals surface area contributed by atoms with Crippen LogP contribution in [-0.4, -0.2) is 55.5 Å². The zero-order valence-corrected chi connectivity index (χ0v) is 21.7. The van der Waals surface area contributed by atoms with Crippen molar-refractivity contribution in [1.29, 1.82) is 0 Å². The predicted octanol–water partition coefficient (Wildman–Crippen LogP) is 4.97. The highest BCUT2D eigenvalue weighted by atomic mass is 32.2. The molecule has 0 unspecified atom stereocenters. The zero-order valence-electron chi connectivity index (χ0n) is 20.9. The third-order valence-corrected chi connectivity index (χ3v) is 7.64. The molecule has 0 aliphatic rings. The third kappa shape index (κ3) is 5.61. The second-order valence-corrected chi connectivity index (χ2v) is 10.9. The van der Waals surface area contributed by atoms with Gasteiger partial charge in [-0.3, -0.25) is 0 Å². The van der Waals surface area contributed by atoms with Crippen LogP contribution in [-0.2, 0) is 10.0 Å². The maximum atomic E-state index is 13.4. The number of aromatic nitrogens is 3. The average molecular weight is 512 g/mol. The molecular weight excluding hydrogens is 482 g/mol. The Hall–Kier alpha value is -3.85. The lowest BCUT2D eigenvalue weighted by atomic mass is 10.1. The summed E-state index contributed by atoms with van der Waals surface area (Å²) in [6.45, 7) is 1.14. The number of fused-ring (bicyclic) bond motifs is 3. The summed E-state index contributed by atoms with van der Waals surface area (Å²) < 4.78 is 29.6. The summed E-state index contributed by atoms with van der Waals surface area (Å²) in [6, 6.07) is 27.0. The van der Waals surface area contributed by atoms with Crippen molar-refractivity contribution in [2.24, 2.45) is 0 Å². The fourth-order valence-corrected chi connectivity index (χ4v) is 5.50. The van der Waals surface area contributed by atoms with Crippen molar-refractivity contribution in [3.8, 4) is 5.69 Å². The molecule has 188 valence electrons. The summed E-state index contributed by atoms with van der Waals surface area (Å²) in [6.07, 6.45) is 4.45. The molecule has 0 aliphatic heterocycles. The highest BCUT2D eigenvalue weighted by Gasteiger charge is 2.19. The molecule has 7 nitrogen and oxygen atoms in total. The molecule has 0 fully saturated rings. The fourth-order valence-electron chi connectivity index (χ4n) is 4.21. The smallest absolute Gasteiger partial charge is 0.241 e. The maximum absolute atomic E-state index is 13.4. The summed E-state index contributed by atoms with van der Waals surface area (Å²) in [5.41, 5.74) is 3.68. The first-order valence-electron chi connectivity index (χ1n) is 12.2.